The number of aryl methyl sites for hydroxylation is 2. The number of benzene rings is 1. The summed E-state index contributed by atoms with van der Waals surface area (Å²) < 4.78 is 7.87. The van der Waals surface area contributed by atoms with Crippen LogP contribution in [0.1, 0.15) is 11.3 Å². The molecule has 0 radical (unpaired) electrons. The second-order valence-electron chi connectivity index (χ2n) is 4.81. The highest BCUT2D eigenvalue weighted by Crippen LogP contribution is 2.31. The van der Waals surface area contributed by atoms with Crippen LogP contribution in [-0.2, 0) is 7.05 Å². The summed E-state index contributed by atoms with van der Waals surface area (Å²) in [4.78, 5) is 8.73. The van der Waals surface area contributed by atoms with E-state index in [9.17, 15) is 0 Å². The zero-order valence-corrected chi connectivity index (χ0v) is 12.9. The van der Waals surface area contributed by atoms with Crippen LogP contribution in [0.25, 0.3) is 0 Å². The van der Waals surface area contributed by atoms with Gasteiger partial charge in [-0.1, -0.05) is 12.1 Å². The minimum Gasteiger partial charge on any atom is -0.545 e. The molecule has 0 saturated heterocycles. The molecule has 19 heavy (non-hydrogen) atoms. The predicted octanol–water partition coefficient (Wildman–Crippen LogP) is 2.84. The molecule has 0 atom stereocenters. The number of aliphatic imine (C=N–C) groups is 1. The molecule has 0 unspecified atom stereocenters. The molecule has 0 aliphatic rings. The first kappa shape index (κ1) is 13.5. The van der Waals surface area contributed by atoms with E-state index in [2.05, 4.69) is 23.1 Å². The predicted molar refractivity (Wildman–Crippen MR) is 81.1 cm³/mol. The third kappa shape index (κ3) is 3.54. The van der Waals surface area contributed by atoms with E-state index < -0.39 is 9.04 Å². The number of rotatable bonds is 4. The lowest BCUT2D eigenvalue weighted by atomic mass is 10.2. The number of imidazole rings is 1. The standard InChI is InChI=1S/C14H19N3OSi/c1-11-6-5-7-13(14(11)18-19(3)4)15-8-12-9-17(2)10-16-12/h5-10,19H,1-4H3. The van der Waals surface area contributed by atoms with Crippen molar-refractivity contribution in [2.24, 2.45) is 12.0 Å². The molecule has 0 aliphatic carbocycles. The maximum absolute atomic E-state index is 5.97. The molecular weight excluding hydrogens is 254 g/mol. The first-order chi connectivity index (χ1) is 9.06. The number of hydrogen-bond donors (Lipinski definition) is 0. The molecule has 0 amide bonds. The topological polar surface area (TPSA) is 39.4 Å². The first-order valence-electron chi connectivity index (χ1n) is 6.34. The fourth-order valence-corrected chi connectivity index (χ4v) is 2.54. The van der Waals surface area contributed by atoms with Crippen LogP contribution in [0.15, 0.2) is 35.7 Å². The van der Waals surface area contributed by atoms with Gasteiger partial charge in [0.25, 0.3) is 0 Å². The van der Waals surface area contributed by atoms with Gasteiger partial charge in [-0.05, 0) is 31.6 Å². The molecule has 2 aromatic rings. The summed E-state index contributed by atoms with van der Waals surface area (Å²) in [5.74, 6) is 0.899. The van der Waals surface area contributed by atoms with Crippen LogP contribution in [0.5, 0.6) is 5.75 Å². The van der Waals surface area contributed by atoms with Gasteiger partial charge in [0.05, 0.1) is 18.2 Å². The molecule has 4 nitrogen and oxygen atoms in total. The fraction of sp³-hybridized carbons (Fsp3) is 0.286. The molecule has 0 bridgehead atoms. The van der Waals surface area contributed by atoms with E-state index in [1.165, 1.54) is 0 Å². The minimum atomic E-state index is -1.14. The lowest BCUT2D eigenvalue weighted by Gasteiger charge is -2.14. The Morgan fingerprint density at radius 1 is 1.37 bits per heavy atom. The monoisotopic (exact) mass is 273 g/mol. The molecule has 100 valence electrons. The fourth-order valence-electron chi connectivity index (χ4n) is 1.76. The van der Waals surface area contributed by atoms with Crippen molar-refractivity contribution >= 4 is 20.9 Å². The quantitative estimate of drug-likeness (QED) is 0.635. The Bertz CT molecular complexity index is 590. The lowest BCUT2D eigenvalue weighted by Crippen LogP contribution is -2.12. The van der Waals surface area contributed by atoms with Gasteiger partial charge >= 0.3 is 0 Å². The third-order valence-electron chi connectivity index (χ3n) is 2.61. The van der Waals surface area contributed by atoms with Crippen molar-refractivity contribution in [1.82, 2.24) is 9.55 Å². The van der Waals surface area contributed by atoms with E-state index in [1.54, 1.807) is 12.5 Å². The Morgan fingerprint density at radius 2 is 2.16 bits per heavy atom. The van der Waals surface area contributed by atoms with Crippen molar-refractivity contribution < 1.29 is 4.43 Å². The van der Waals surface area contributed by atoms with Gasteiger partial charge in [0.2, 0.25) is 9.04 Å². The highest BCUT2D eigenvalue weighted by atomic mass is 28.3. The molecular formula is C14H19N3OSi. The van der Waals surface area contributed by atoms with E-state index in [1.807, 2.05) is 42.9 Å². The van der Waals surface area contributed by atoms with Gasteiger partial charge in [0.1, 0.15) is 11.4 Å². The van der Waals surface area contributed by atoms with Crippen LogP contribution in [0.4, 0.5) is 5.69 Å². The number of nitrogens with zero attached hydrogens (tertiary/aromatic N) is 3. The normalized spacial score (nSPS) is 11.4. The van der Waals surface area contributed by atoms with Gasteiger partial charge in [-0.15, -0.1) is 0 Å². The SMILES string of the molecule is Cc1cccc(N=Cc2cn(C)cn2)c1O[SiH](C)C. The van der Waals surface area contributed by atoms with Crippen molar-refractivity contribution in [3.63, 3.8) is 0 Å². The summed E-state index contributed by atoms with van der Waals surface area (Å²) in [7, 11) is 0.799. The molecule has 1 aromatic heterocycles. The van der Waals surface area contributed by atoms with E-state index >= 15 is 0 Å². The number of para-hydroxylation sites is 1. The van der Waals surface area contributed by atoms with E-state index in [0.29, 0.717) is 0 Å². The highest BCUT2D eigenvalue weighted by Gasteiger charge is 2.08. The van der Waals surface area contributed by atoms with Gasteiger partial charge in [-0.2, -0.15) is 0 Å². The molecule has 1 aromatic carbocycles. The molecule has 0 aliphatic heterocycles. The van der Waals surface area contributed by atoms with Crippen LogP contribution in [0.3, 0.4) is 0 Å². The van der Waals surface area contributed by atoms with Gasteiger partial charge in [-0.25, -0.2) is 4.98 Å². The highest BCUT2D eigenvalue weighted by molar-refractivity contribution is 6.49. The summed E-state index contributed by atoms with van der Waals surface area (Å²) >= 11 is 0. The van der Waals surface area contributed by atoms with Crippen molar-refractivity contribution in [3.8, 4) is 5.75 Å². The number of aromatic nitrogens is 2. The zero-order chi connectivity index (χ0) is 13.8. The van der Waals surface area contributed by atoms with Gasteiger partial charge < -0.3 is 8.99 Å². The van der Waals surface area contributed by atoms with Gasteiger partial charge in [0.15, 0.2) is 0 Å². The van der Waals surface area contributed by atoms with E-state index in [4.69, 9.17) is 4.43 Å². The Morgan fingerprint density at radius 3 is 2.79 bits per heavy atom. The molecule has 5 heteroatoms. The van der Waals surface area contributed by atoms with Crippen molar-refractivity contribution in [1.29, 1.82) is 0 Å². The van der Waals surface area contributed by atoms with Gasteiger partial charge in [0, 0.05) is 13.2 Å². The average Bonchev–Trinajstić information content (AvgIpc) is 2.75. The van der Waals surface area contributed by atoms with Crippen LogP contribution >= 0.6 is 0 Å². The maximum Gasteiger partial charge on any atom is 0.229 e. The largest absolute Gasteiger partial charge is 0.545 e. The van der Waals surface area contributed by atoms with Crippen molar-refractivity contribution in [2.75, 3.05) is 0 Å². The van der Waals surface area contributed by atoms with Crippen molar-refractivity contribution in [3.05, 3.63) is 42.0 Å². The van der Waals surface area contributed by atoms with Crippen LogP contribution in [-0.4, -0.2) is 24.8 Å². The molecule has 0 spiro atoms. The molecule has 1 heterocycles. The zero-order valence-electron chi connectivity index (χ0n) is 11.8. The third-order valence-corrected chi connectivity index (χ3v) is 3.31. The summed E-state index contributed by atoms with van der Waals surface area (Å²) in [6, 6.07) is 6.01. The summed E-state index contributed by atoms with van der Waals surface area (Å²) in [5, 5.41) is 0. The maximum atomic E-state index is 5.97. The van der Waals surface area contributed by atoms with E-state index in [-0.39, 0.29) is 0 Å². The van der Waals surface area contributed by atoms with Gasteiger partial charge in [-0.3, -0.25) is 4.99 Å². The lowest BCUT2D eigenvalue weighted by molar-refractivity contribution is 0.577. The molecule has 0 fully saturated rings. The smallest absolute Gasteiger partial charge is 0.229 e. The first-order valence-corrected chi connectivity index (χ1v) is 9.12. The Balaban J connectivity index is 2.29. The van der Waals surface area contributed by atoms with E-state index in [0.717, 1.165) is 22.7 Å². The van der Waals surface area contributed by atoms with Crippen molar-refractivity contribution in [2.45, 2.75) is 20.0 Å². The minimum absolute atomic E-state index is 0.844. The number of hydrogen-bond acceptors (Lipinski definition) is 3. The summed E-state index contributed by atoms with van der Waals surface area (Å²) in [6.45, 7) is 6.35. The molecule has 0 saturated carbocycles. The Labute approximate surface area is 115 Å². The molecule has 2 rings (SSSR count). The summed E-state index contributed by atoms with van der Waals surface area (Å²) in [6.07, 6.45) is 5.45. The Hall–Kier alpha value is -1.88. The van der Waals surface area contributed by atoms with Crippen LogP contribution in [0.2, 0.25) is 13.1 Å². The van der Waals surface area contributed by atoms with Crippen LogP contribution < -0.4 is 4.43 Å². The second kappa shape index (κ2) is 5.84. The van der Waals surface area contributed by atoms with Crippen LogP contribution in [0, 0.1) is 6.92 Å². The second-order valence-corrected chi connectivity index (χ2v) is 7.15. The molecule has 0 N–H and O–H groups in total. The summed E-state index contributed by atoms with van der Waals surface area (Å²) in [5.41, 5.74) is 2.83. The Kier molecular flexibility index (Phi) is 4.16. The average molecular weight is 273 g/mol.